The SMILES string of the molecule is CCOC(=O)CC(=CNc1ccc2ccccc2n1)C(=O)OCC. The van der Waals surface area contributed by atoms with E-state index in [1.807, 2.05) is 30.3 Å². The summed E-state index contributed by atoms with van der Waals surface area (Å²) in [5.74, 6) is -0.469. The van der Waals surface area contributed by atoms with Crippen molar-refractivity contribution >= 4 is 28.7 Å². The lowest BCUT2D eigenvalue weighted by atomic mass is 10.2. The third-order valence-electron chi connectivity index (χ3n) is 3.17. The van der Waals surface area contributed by atoms with E-state index in [4.69, 9.17) is 9.47 Å². The quantitative estimate of drug-likeness (QED) is 0.622. The number of ether oxygens (including phenoxy) is 2. The van der Waals surface area contributed by atoms with Gasteiger partial charge in [0.1, 0.15) is 5.82 Å². The smallest absolute Gasteiger partial charge is 0.336 e. The van der Waals surface area contributed by atoms with Crippen molar-refractivity contribution in [1.29, 1.82) is 0 Å². The molecule has 0 bridgehead atoms. The molecule has 0 radical (unpaired) electrons. The summed E-state index contributed by atoms with van der Waals surface area (Å²) < 4.78 is 9.85. The number of fused-ring (bicyclic) bond motifs is 1. The molecular formula is C18H20N2O4. The molecule has 0 atom stereocenters. The molecule has 0 aliphatic rings. The molecular weight excluding hydrogens is 308 g/mol. The minimum absolute atomic E-state index is 0.159. The maximum absolute atomic E-state index is 12.0. The summed E-state index contributed by atoms with van der Waals surface area (Å²) in [6, 6.07) is 11.4. The van der Waals surface area contributed by atoms with Gasteiger partial charge in [0.25, 0.3) is 0 Å². The Kier molecular flexibility index (Phi) is 6.31. The average molecular weight is 328 g/mol. The lowest BCUT2D eigenvalue weighted by Crippen LogP contribution is -2.15. The van der Waals surface area contributed by atoms with Crippen LogP contribution in [0.15, 0.2) is 48.2 Å². The lowest BCUT2D eigenvalue weighted by Gasteiger charge is -2.08. The largest absolute Gasteiger partial charge is 0.466 e. The molecule has 0 saturated carbocycles. The maximum Gasteiger partial charge on any atom is 0.336 e. The standard InChI is InChI=1S/C18H20N2O4/c1-3-23-17(21)11-14(18(22)24-4-2)12-19-16-10-9-13-7-5-6-8-15(13)20-16/h5-10,12H,3-4,11H2,1-2H3,(H,19,20). The van der Waals surface area contributed by atoms with Gasteiger partial charge < -0.3 is 14.8 Å². The molecule has 0 fully saturated rings. The molecule has 2 rings (SSSR count). The summed E-state index contributed by atoms with van der Waals surface area (Å²) in [6.45, 7) is 3.91. The normalized spacial score (nSPS) is 11.2. The van der Waals surface area contributed by atoms with Crippen molar-refractivity contribution in [3.8, 4) is 0 Å². The van der Waals surface area contributed by atoms with Crippen LogP contribution in [0.2, 0.25) is 0 Å². The summed E-state index contributed by atoms with van der Waals surface area (Å²) in [6.07, 6.45) is 1.28. The molecule has 2 aromatic rings. The van der Waals surface area contributed by atoms with Crippen LogP contribution in [-0.2, 0) is 19.1 Å². The van der Waals surface area contributed by atoms with Gasteiger partial charge in [-0.2, -0.15) is 0 Å². The number of esters is 2. The molecule has 0 amide bonds. The fourth-order valence-electron chi connectivity index (χ4n) is 2.08. The zero-order chi connectivity index (χ0) is 17.4. The number of nitrogens with one attached hydrogen (secondary N) is 1. The van der Waals surface area contributed by atoms with Crippen LogP contribution < -0.4 is 5.32 Å². The number of hydrogen-bond donors (Lipinski definition) is 1. The van der Waals surface area contributed by atoms with Crippen LogP contribution in [0.25, 0.3) is 10.9 Å². The molecule has 0 aliphatic carbocycles. The number of anilines is 1. The number of pyridine rings is 1. The van der Waals surface area contributed by atoms with Crippen molar-refractivity contribution in [3.05, 3.63) is 48.2 Å². The predicted molar refractivity (Wildman–Crippen MR) is 91.3 cm³/mol. The van der Waals surface area contributed by atoms with E-state index in [-0.39, 0.29) is 25.2 Å². The number of carbonyl (C=O) groups is 2. The van der Waals surface area contributed by atoms with Crippen LogP contribution in [0.4, 0.5) is 5.82 Å². The summed E-state index contributed by atoms with van der Waals surface area (Å²) in [4.78, 5) is 28.0. The molecule has 0 spiro atoms. The first-order valence-electron chi connectivity index (χ1n) is 7.78. The molecule has 0 aliphatic heterocycles. The van der Waals surface area contributed by atoms with Crippen molar-refractivity contribution in [2.75, 3.05) is 18.5 Å². The van der Waals surface area contributed by atoms with Crippen LogP contribution in [0, 0.1) is 0 Å². The zero-order valence-electron chi connectivity index (χ0n) is 13.7. The minimum Gasteiger partial charge on any atom is -0.466 e. The first-order chi connectivity index (χ1) is 11.6. The van der Waals surface area contributed by atoms with Gasteiger partial charge in [0.05, 0.1) is 30.7 Å². The second-order valence-corrected chi connectivity index (χ2v) is 4.91. The minimum atomic E-state index is -0.557. The predicted octanol–water partition coefficient (Wildman–Crippen LogP) is 3.05. The molecule has 1 aromatic carbocycles. The number of hydrogen-bond acceptors (Lipinski definition) is 6. The van der Waals surface area contributed by atoms with Gasteiger partial charge in [-0.1, -0.05) is 18.2 Å². The summed E-state index contributed by atoms with van der Waals surface area (Å²) in [5.41, 5.74) is 1.02. The Morgan fingerprint density at radius 3 is 2.58 bits per heavy atom. The Morgan fingerprint density at radius 2 is 1.83 bits per heavy atom. The van der Waals surface area contributed by atoms with E-state index < -0.39 is 11.9 Å². The van der Waals surface area contributed by atoms with Gasteiger partial charge in [-0.05, 0) is 32.0 Å². The zero-order valence-corrected chi connectivity index (χ0v) is 13.7. The van der Waals surface area contributed by atoms with Crippen LogP contribution in [0.1, 0.15) is 20.3 Å². The van der Waals surface area contributed by atoms with E-state index in [0.29, 0.717) is 5.82 Å². The second-order valence-electron chi connectivity index (χ2n) is 4.91. The Labute approximate surface area is 140 Å². The highest BCUT2D eigenvalue weighted by molar-refractivity contribution is 5.94. The van der Waals surface area contributed by atoms with E-state index in [1.54, 1.807) is 19.9 Å². The number of aromatic nitrogens is 1. The Balaban J connectivity index is 2.17. The van der Waals surface area contributed by atoms with Crippen LogP contribution in [0.5, 0.6) is 0 Å². The van der Waals surface area contributed by atoms with Gasteiger partial charge >= 0.3 is 11.9 Å². The number of benzene rings is 1. The van der Waals surface area contributed by atoms with E-state index in [2.05, 4.69) is 10.3 Å². The molecule has 1 heterocycles. The van der Waals surface area contributed by atoms with E-state index in [9.17, 15) is 9.59 Å². The first-order valence-corrected chi connectivity index (χ1v) is 7.78. The van der Waals surface area contributed by atoms with Crippen molar-refractivity contribution in [2.45, 2.75) is 20.3 Å². The Morgan fingerprint density at radius 1 is 1.08 bits per heavy atom. The summed E-state index contributed by atoms with van der Waals surface area (Å²) in [5, 5.41) is 3.96. The number of rotatable bonds is 7. The van der Waals surface area contributed by atoms with Crippen molar-refractivity contribution in [3.63, 3.8) is 0 Å². The Hall–Kier alpha value is -2.89. The van der Waals surface area contributed by atoms with Crippen LogP contribution in [-0.4, -0.2) is 30.1 Å². The third kappa shape index (κ3) is 4.81. The summed E-state index contributed by atoms with van der Waals surface area (Å²) in [7, 11) is 0. The lowest BCUT2D eigenvalue weighted by molar-refractivity contribution is -0.145. The van der Waals surface area contributed by atoms with E-state index in [1.165, 1.54) is 6.20 Å². The topological polar surface area (TPSA) is 77.5 Å². The van der Waals surface area contributed by atoms with E-state index >= 15 is 0 Å². The highest BCUT2D eigenvalue weighted by Gasteiger charge is 2.16. The molecule has 24 heavy (non-hydrogen) atoms. The monoisotopic (exact) mass is 328 g/mol. The van der Waals surface area contributed by atoms with Gasteiger partial charge in [0.15, 0.2) is 0 Å². The summed E-state index contributed by atoms with van der Waals surface area (Å²) >= 11 is 0. The molecule has 0 unspecified atom stereocenters. The van der Waals surface area contributed by atoms with Gasteiger partial charge in [-0.25, -0.2) is 9.78 Å². The first kappa shape index (κ1) is 17.5. The number of nitrogens with zero attached hydrogens (tertiary/aromatic N) is 1. The molecule has 1 N–H and O–H groups in total. The average Bonchev–Trinajstić information content (AvgIpc) is 2.58. The number of para-hydroxylation sites is 1. The van der Waals surface area contributed by atoms with E-state index in [0.717, 1.165) is 10.9 Å². The number of carbonyl (C=O) groups excluding carboxylic acids is 2. The molecule has 1 aromatic heterocycles. The highest BCUT2D eigenvalue weighted by Crippen LogP contribution is 2.15. The van der Waals surface area contributed by atoms with Crippen molar-refractivity contribution in [1.82, 2.24) is 4.98 Å². The Bertz CT molecular complexity index is 756. The third-order valence-corrected chi connectivity index (χ3v) is 3.17. The second kappa shape index (κ2) is 8.67. The van der Waals surface area contributed by atoms with Crippen LogP contribution >= 0.6 is 0 Å². The van der Waals surface area contributed by atoms with Gasteiger partial charge in [-0.15, -0.1) is 0 Å². The van der Waals surface area contributed by atoms with Gasteiger partial charge in [0, 0.05) is 11.6 Å². The molecule has 6 nitrogen and oxygen atoms in total. The maximum atomic E-state index is 12.0. The van der Waals surface area contributed by atoms with Gasteiger partial charge in [-0.3, -0.25) is 4.79 Å². The van der Waals surface area contributed by atoms with Crippen LogP contribution in [0.3, 0.4) is 0 Å². The van der Waals surface area contributed by atoms with Gasteiger partial charge in [0.2, 0.25) is 0 Å². The van der Waals surface area contributed by atoms with Crippen molar-refractivity contribution < 1.29 is 19.1 Å². The highest BCUT2D eigenvalue weighted by atomic mass is 16.5. The molecule has 6 heteroatoms. The molecule has 0 saturated heterocycles. The fourth-order valence-corrected chi connectivity index (χ4v) is 2.08. The van der Waals surface area contributed by atoms with Crippen molar-refractivity contribution in [2.24, 2.45) is 0 Å². The fraction of sp³-hybridized carbons (Fsp3) is 0.278. The molecule has 126 valence electrons.